The van der Waals surface area contributed by atoms with Gasteiger partial charge in [-0.3, -0.25) is 9.89 Å². The molecule has 1 aromatic carbocycles. The molecule has 0 saturated carbocycles. The molecule has 0 bridgehead atoms. The average Bonchev–Trinajstić information content (AvgIpc) is 2.67. The van der Waals surface area contributed by atoms with Crippen molar-refractivity contribution in [1.29, 1.82) is 0 Å². The summed E-state index contributed by atoms with van der Waals surface area (Å²) in [6, 6.07) is 7.04. The van der Waals surface area contributed by atoms with Crippen molar-refractivity contribution in [2.45, 2.75) is 45.4 Å². The lowest BCUT2D eigenvalue weighted by molar-refractivity contribution is -0.0174. The summed E-state index contributed by atoms with van der Waals surface area (Å²) in [6.45, 7) is 10.4. The SMILES string of the molecule is CCC(CNC(=NC)NCC(C)N1CCOCC1C)Oc1cccc(F)c1. The zero-order valence-electron chi connectivity index (χ0n) is 16.9. The smallest absolute Gasteiger partial charge is 0.191 e. The maximum Gasteiger partial charge on any atom is 0.191 e. The third kappa shape index (κ3) is 6.99. The van der Waals surface area contributed by atoms with Gasteiger partial charge in [-0.15, -0.1) is 0 Å². The number of aliphatic imine (C=N–C) groups is 1. The van der Waals surface area contributed by atoms with Crippen LogP contribution in [-0.2, 0) is 4.74 Å². The number of benzene rings is 1. The summed E-state index contributed by atoms with van der Waals surface area (Å²) < 4.78 is 24.7. The van der Waals surface area contributed by atoms with Crippen molar-refractivity contribution in [2.24, 2.45) is 4.99 Å². The van der Waals surface area contributed by atoms with E-state index in [1.165, 1.54) is 12.1 Å². The topological polar surface area (TPSA) is 58.1 Å². The van der Waals surface area contributed by atoms with Crippen LogP contribution in [0.2, 0.25) is 0 Å². The molecule has 0 spiro atoms. The van der Waals surface area contributed by atoms with Crippen molar-refractivity contribution in [2.75, 3.05) is 39.9 Å². The molecule has 0 amide bonds. The van der Waals surface area contributed by atoms with Gasteiger partial charge in [0.2, 0.25) is 0 Å². The molecule has 1 aliphatic heterocycles. The molecule has 1 saturated heterocycles. The predicted octanol–water partition coefficient (Wildman–Crippen LogP) is 2.26. The number of hydrogen-bond acceptors (Lipinski definition) is 4. The first-order valence-corrected chi connectivity index (χ1v) is 9.73. The Kier molecular flexibility index (Phi) is 8.81. The highest BCUT2D eigenvalue weighted by atomic mass is 19.1. The van der Waals surface area contributed by atoms with Crippen LogP contribution >= 0.6 is 0 Å². The Bertz CT molecular complexity index is 599. The molecular weight excluding hydrogens is 347 g/mol. The second-order valence-electron chi connectivity index (χ2n) is 6.95. The minimum absolute atomic E-state index is 0.0676. The van der Waals surface area contributed by atoms with Crippen molar-refractivity contribution < 1.29 is 13.9 Å². The minimum atomic E-state index is -0.292. The van der Waals surface area contributed by atoms with Crippen LogP contribution in [0.1, 0.15) is 27.2 Å². The molecule has 152 valence electrons. The van der Waals surface area contributed by atoms with Gasteiger partial charge in [-0.25, -0.2) is 4.39 Å². The number of nitrogens with one attached hydrogen (secondary N) is 2. The van der Waals surface area contributed by atoms with E-state index in [4.69, 9.17) is 9.47 Å². The first kappa shape index (κ1) is 21.4. The Labute approximate surface area is 162 Å². The Morgan fingerprint density at radius 3 is 2.85 bits per heavy atom. The van der Waals surface area contributed by atoms with Gasteiger partial charge in [-0.05, 0) is 32.4 Å². The molecule has 7 heteroatoms. The standard InChI is InChI=1S/C20H33FN4O2/c1-5-18(27-19-8-6-7-17(21)11-19)13-24-20(22-4)23-12-15(2)25-9-10-26-14-16(25)3/h6-8,11,15-16,18H,5,9-10,12-14H2,1-4H3,(H2,22,23,24). The second kappa shape index (κ2) is 11.1. The zero-order valence-corrected chi connectivity index (χ0v) is 16.9. The molecule has 1 fully saturated rings. The van der Waals surface area contributed by atoms with E-state index in [0.29, 0.717) is 24.4 Å². The third-order valence-corrected chi connectivity index (χ3v) is 4.83. The average molecular weight is 381 g/mol. The van der Waals surface area contributed by atoms with E-state index >= 15 is 0 Å². The molecule has 2 N–H and O–H groups in total. The van der Waals surface area contributed by atoms with Gasteiger partial charge in [0.1, 0.15) is 17.7 Å². The molecule has 0 aromatic heterocycles. The molecule has 3 atom stereocenters. The molecule has 27 heavy (non-hydrogen) atoms. The Balaban J connectivity index is 1.78. The maximum atomic E-state index is 13.3. The fourth-order valence-corrected chi connectivity index (χ4v) is 3.19. The molecular formula is C20H33FN4O2. The molecule has 2 rings (SSSR count). The van der Waals surface area contributed by atoms with E-state index in [2.05, 4.69) is 34.4 Å². The molecule has 1 heterocycles. The highest BCUT2D eigenvalue weighted by molar-refractivity contribution is 5.79. The van der Waals surface area contributed by atoms with Gasteiger partial charge >= 0.3 is 0 Å². The number of morpholine rings is 1. The normalized spacial score (nSPS) is 20.8. The molecule has 1 aliphatic rings. The molecule has 6 nitrogen and oxygen atoms in total. The minimum Gasteiger partial charge on any atom is -0.489 e. The number of rotatable bonds is 8. The lowest BCUT2D eigenvalue weighted by atomic mass is 10.2. The van der Waals surface area contributed by atoms with Crippen molar-refractivity contribution >= 4 is 5.96 Å². The summed E-state index contributed by atoms with van der Waals surface area (Å²) in [5, 5.41) is 6.68. The molecule has 0 aliphatic carbocycles. The monoisotopic (exact) mass is 380 g/mol. The van der Waals surface area contributed by atoms with Crippen LogP contribution < -0.4 is 15.4 Å². The van der Waals surface area contributed by atoms with Gasteiger partial charge in [-0.1, -0.05) is 13.0 Å². The quantitative estimate of drug-likeness (QED) is 0.535. The van der Waals surface area contributed by atoms with Crippen LogP contribution in [0.5, 0.6) is 5.75 Å². The molecule has 1 aromatic rings. The van der Waals surface area contributed by atoms with Gasteiger partial charge in [0.05, 0.1) is 19.8 Å². The van der Waals surface area contributed by atoms with Gasteiger partial charge in [0, 0.05) is 38.3 Å². The summed E-state index contributed by atoms with van der Waals surface area (Å²) in [6.07, 6.45) is 0.740. The van der Waals surface area contributed by atoms with Crippen molar-refractivity contribution in [3.63, 3.8) is 0 Å². The van der Waals surface area contributed by atoms with Crippen LogP contribution in [0.15, 0.2) is 29.3 Å². The number of ether oxygens (including phenoxy) is 2. The van der Waals surface area contributed by atoms with Crippen LogP contribution in [0, 0.1) is 5.82 Å². The van der Waals surface area contributed by atoms with E-state index in [1.54, 1.807) is 19.2 Å². The molecule has 3 unspecified atom stereocenters. The number of halogens is 1. The lowest BCUT2D eigenvalue weighted by Gasteiger charge is -2.38. The van der Waals surface area contributed by atoms with Crippen molar-refractivity contribution in [3.8, 4) is 5.75 Å². The van der Waals surface area contributed by atoms with E-state index < -0.39 is 0 Å². The van der Waals surface area contributed by atoms with E-state index in [1.807, 2.05) is 6.92 Å². The van der Waals surface area contributed by atoms with Crippen molar-refractivity contribution in [3.05, 3.63) is 30.1 Å². The summed E-state index contributed by atoms with van der Waals surface area (Å²) >= 11 is 0. The summed E-state index contributed by atoms with van der Waals surface area (Å²) in [5.74, 6) is 0.990. The highest BCUT2D eigenvalue weighted by Crippen LogP contribution is 2.14. The maximum absolute atomic E-state index is 13.3. The third-order valence-electron chi connectivity index (χ3n) is 4.83. The number of nitrogens with zero attached hydrogens (tertiary/aromatic N) is 2. The highest BCUT2D eigenvalue weighted by Gasteiger charge is 2.23. The second-order valence-corrected chi connectivity index (χ2v) is 6.95. The van der Waals surface area contributed by atoms with Crippen LogP contribution in [0.25, 0.3) is 0 Å². The van der Waals surface area contributed by atoms with Crippen molar-refractivity contribution in [1.82, 2.24) is 15.5 Å². The van der Waals surface area contributed by atoms with E-state index in [9.17, 15) is 4.39 Å². The van der Waals surface area contributed by atoms with E-state index in [0.717, 1.165) is 38.7 Å². The van der Waals surface area contributed by atoms with Gasteiger partial charge in [0.25, 0.3) is 0 Å². The van der Waals surface area contributed by atoms with E-state index in [-0.39, 0.29) is 11.9 Å². The summed E-state index contributed by atoms with van der Waals surface area (Å²) in [4.78, 5) is 6.74. The number of guanidine groups is 1. The Morgan fingerprint density at radius 2 is 2.19 bits per heavy atom. The lowest BCUT2D eigenvalue weighted by Crippen LogP contribution is -2.53. The van der Waals surface area contributed by atoms with Gasteiger partial charge < -0.3 is 20.1 Å². The fraction of sp³-hybridized carbons (Fsp3) is 0.650. The Morgan fingerprint density at radius 1 is 1.41 bits per heavy atom. The molecule has 0 radical (unpaired) electrons. The largest absolute Gasteiger partial charge is 0.489 e. The number of hydrogen-bond donors (Lipinski definition) is 2. The predicted molar refractivity (Wildman–Crippen MR) is 107 cm³/mol. The summed E-state index contributed by atoms with van der Waals surface area (Å²) in [5.41, 5.74) is 0. The van der Waals surface area contributed by atoms with Gasteiger partial charge in [-0.2, -0.15) is 0 Å². The van der Waals surface area contributed by atoms with Crippen LogP contribution in [0.4, 0.5) is 4.39 Å². The Hall–Kier alpha value is -1.86. The van der Waals surface area contributed by atoms with Crippen LogP contribution in [-0.4, -0.2) is 68.9 Å². The first-order chi connectivity index (χ1) is 13.0. The van der Waals surface area contributed by atoms with Gasteiger partial charge in [0.15, 0.2) is 5.96 Å². The fourth-order valence-electron chi connectivity index (χ4n) is 3.19. The zero-order chi connectivity index (χ0) is 19.6. The summed E-state index contributed by atoms with van der Waals surface area (Å²) in [7, 11) is 1.76. The first-order valence-electron chi connectivity index (χ1n) is 9.73. The van der Waals surface area contributed by atoms with Crippen LogP contribution in [0.3, 0.4) is 0 Å².